The quantitative estimate of drug-likeness (QED) is 0.599. The van der Waals surface area contributed by atoms with Gasteiger partial charge in [0.25, 0.3) is 6.92 Å². The number of fused-ring (bicyclic) bond motifs is 2. The molecule has 2 aliphatic heterocycles. The van der Waals surface area contributed by atoms with E-state index in [2.05, 4.69) is 13.2 Å². The van der Waals surface area contributed by atoms with E-state index in [1.807, 2.05) is 11.8 Å². The Morgan fingerprint density at radius 1 is 1.17 bits per heavy atom. The van der Waals surface area contributed by atoms with Gasteiger partial charge in [0.2, 0.25) is 0 Å². The zero-order chi connectivity index (χ0) is 12.8. The van der Waals surface area contributed by atoms with E-state index >= 15 is 0 Å². The Kier molecular flexibility index (Phi) is 6.44. The van der Waals surface area contributed by atoms with Crippen LogP contribution in [0.1, 0.15) is 64.7 Å². The number of unbranched alkanes of at least 4 members (excludes halogenated alkanes) is 1. The van der Waals surface area contributed by atoms with Crippen LogP contribution in [0.25, 0.3) is 0 Å². The summed E-state index contributed by atoms with van der Waals surface area (Å²) >= 11 is 1.95. The van der Waals surface area contributed by atoms with Crippen molar-refractivity contribution in [2.45, 2.75) is 82.4 Å². The number of thioether (sulfide) groups is 1. The molecule has 0 radical (unpaired) electrons. The van der Waals surface area contributed by atoms with Gasteiger partial charge in [-0.2, -0.15) is 11.8 Å². The van der Waals surface area contributed by atoms with Crippen LogP contribution in [0.4, 0.5) is 0 Å². The highest BCUT2D eigenvalue weighted by Crippen LogP contribution is 2.47. The van der Waals surface area contributed by atoms with Crippen LogP contribution in [0.2, 0.25) is 11.6 Å². The molecule has 0 saturated carbocycles. The Balaban J connectivity index is 1.88. The Bertz CT molecular complexity index is 215. The highest BCUT2D eigenvalue weighted by molar-refractivity contribution is 7.98. The van der Waals surface area contributed by atoms with Crippen LogP contribution in [0.5, 0.6) is 0 Å². The molecule has 0 aromatic carbocycles. The van der Waals surface area contributed by atoms with E-state index in [0.717, 1.165) is 11.6 Å². The molecule has 2 rings (SSSR count). The van der Waals surface area contributed by atoms with Crippen LogP contribution in [0.3, 0.4) is 0 Å². The van der Waals surface area contributed by atoms with Crippen LogP contribution in [-0.2, 0) is 4.65 Å². The molecule has 2 fully saturated rings. The van der Waals surface area contributed by atoms with Crippen molar-refractivity contribution in [3.63, 3.8) is 0 Å². The average Bonchev–Trinajstić information content (AvgIpc) is 2.36. The van der Waals surface area contributed by atoms with E-state index in [4.69, 9.17) is 4.65 Å². The largest absolute Gasteiger partial charge is 0.432 e. The minimum Gasteiger partial charge on any atom is -0.432 e. The van der Waals surface area contributed by atoms with E-state index in [1.54, 1.807) is 0 Å². The minimum absolute atomic E-state index is 0.520. The van der Waals surface area contributed by atoms with Gasteiger partial charge in [-0.15, -0.1) is 0 Å². The number of hydrogen-bond acceptors (Lipinski definition) is 2. The summed E-state index contributed by atoms with van der Waals surface area (Å²) in [5, 5.41) is 0. The van der Waals surface area contributed by atoms with E-state index in [1.165, 1.54) is 63.5 Å². The third-order valence-electron chi connectivity index (χ3n) is 4.81. The third kappa shape index (κ3) is 3.93. The van der Waals surface area contributed by atoms with Gasteiger partial charge in [0.1, 0.15) is 0 Å². The topological polar surface area (TPSA) is 9.23 Å². The zero-order valence-corrected chi connectivity index (χ0v) is 13.0. The molecule has 104 valence electrons. The standard InChI is InChI=1S/C15H29BOS/c1-3-4-11-15(12-18-2)17-16-13-7-5-8-14(16)10-6-9-13/h13-15H,3-12H2,1-2H3. The third-order valence-corrected chi connectivity index (χ3v) is 5.52. The van der Waals surface area contributed by atoms with E-state index < -0.39 is 0 Å². The molecule has 0 aliphatic carbocycles. The van der Waals surface area contributed by atoms with E-state index in [9.17, 15) is 0 Å². The lowest BCUT2D eigenvalue weighted by molar-refractivity contribution is 0.185. The summed E-state index contributed by atoms with van der Waals surface area (Å²) in [5.74, 6) is 2.97. The first kappa shape index (κ1) is 14.8. The SMILES string of the molecule is CCCCC(CSC)OB1C2CCCC1CCC2. The molecule has 0 N–H and O–H groups in total. The van der Waals surface area contributed by atoms with Crippen LogP contribution < -0.4 is 0 Å². The van der Waals surface area contributed by atoms with Gasteiger partial charge in [0.15, 0.2) is 0 Å². The normalized spacial score (nSPS) is 29.3. The van der Waals surface area contributed by atoms with Crippen molar-refractivity contribution < 1.29 is 4.65 Å². The fraction of sp³-hybridized carbons (Fsp3) is 1.00. The first-order valence-electron chi connectivity index (χ1n) is 7.99. The number of rotatable bonds is 7. The van der Waals surface area contributed by atoms with Gasteiger partial charge in [0, 0.05) is 11.9 Å². The molecule has 2 aliphatic rings. The smallest absolute Gasteiger partial charge is 0.299 e. The maximum Gasteiger partial charge on any atom is 0.299 e. The fourth-order valence-corrected chi connectivity index (χ4v) is 4.48. The molecular weight excluding hydrogens is 239 g/mol. The lowest BCUT2D eigenvalue weighted by atomic mass is 9.38. The van der Waals surface area contributed by atoms with Crippen LogP contribution >= 0.6 is 11.8 Å². The van der Waals surface area contributed by atoms with Gasteiger partial charge < -0.3 is 4.65 Å². The van der Waals surface area contributed by atoms with Gasteiger partial charge >= 0.3 is 0 Å². The second-order valence-corrected chi connectivity index (χ2v) is 7.11. The Labute approximate surface area is 118 Å². The highest BCUT2D eigenvalue weighted by atomic mass is 32.2. The molecule has 1 nitrogen and oxygen atoms in total. The molecule has 2 saturated heterocycles. The maximum atomic E-state index is 6.58. The van der Waals surface area contributed by atoms with Gasteiger partial charge in [-0.25, -0.2) is 0 Å². The molecule has 1 atom stereocenters. The van der Waals surface area contributed by atoms with Crippen LogP contribution in [0, 0.1) is 0 Å². The summed E-state index contributed by atoms with van der Waals surface area (Å²) < 4.78 is 6.58. The molecular formula is C15H29BOS. The predicted molar refractivity (Wildman–Crippen MR) is 83.7 cm³/mol. The molecule has 0 aromatic heterocycles. The fourth-order valence-electron chi connectivity index (χ4n) is 3.87. The molecule has 1 unspecified atom stereocenters. The first-order valence-corrected chi connectivity index (χ1v) is 9.39. The summed E-state index contributed by atoms with van der Waals surface area (Å²) in [6, 6.07) is 0. The number of hydrogen-bond donors (Lipinski definition) is 0. The molecule has 0 aromatic rings. The maximum absolute atomic E-state index is 6.58. The molecule has 18 heavy (non-hydrogen) atoms. The van der Waals surface area contributed by atoms with Crippen LogP contribution in [-0.4, -0.2) is 25.0 Å². The summed E-state index contributed by atoms with van der Waals surface area (Å²) in [6.45, 7) is 2.90. The summed E-state index contributed by atoms with van der Waals surface area (Å²) in [6.07, 6.45) is 15.3. The van der Waals surface area contributed by atoms with Crippen molar-refractivity contribution in [1.82, 2.24) is 0 Å². The molecule has 0 spiro atoms. The zero-order valence-electron chi connectivity index (χ0n) is 12.2. The summed E-state index contributed by atoms with van der Waals surface area (Å²) in [5.41, 5.74) is 0. The van der Waals surface area contributed by atoms with Gasteiger partial charge in [0.05, 0.1) is 0 Å². The Hall–Kier alpha value is 0.375. The highest BCUT2D eigenvalue weighted by Gasteiger charge is 2.42. The lowest BCUT2D eigenvalue weighted by Crippen LogP contribution is -2.40. The van der Waals surface area contributed by atoms with Crippen molar-refractivity contribution in [1.29, 1.82) is 0 Å². The van der Waals surface area contributed by atoms with Gasteiger partial charge in [-0.1, -0.05) is 58.3 Å². The lowest BCUT2D eigenvalue weighted by Gasteiger charge is -2.41. The van der Waals surface area contributed by atoms with Gasteiger partial charge in [-0.3, -0.25) is 0 Å². The molecule has 3 heteroatoms. The average molecular weight is 268 g/mol. The molecule has 0 amide bonds. The van der Waals surface area contributed by atoms with E-state index in [0.29, 0.717) is 13.0 Å². The molecule has 2 bridgehead atoms. The Morgan fingerprint density at radius 2 is 1.78 bits per heavy atom. The van der Waals surface area contributed by atoms with Crippen molar-refractivity contribution in [2.24, 2.45) is 0 Å². The second-order valence-electron chi connectivity index (χ2n) is 6.20. The van der Waals surface area contributed by atoms with E-state index in [-0.39, 0.29) is 0 Å². The monoisotopic (exact) mass is 268 g/mol. The van der Waals surface area contributed by atoms with Gasteiger partial charge in [-0.05, 0) is 24.3 Å². The van der Waals surface area contributed by atoms with Crippen molar-refractivity contribution >= 4 is 18.7 Å². The van der Waals surface area contributed by atoms with Crippen LogP contribution in [0.15, 0.2) is 0 Å². The first-order chi connectivity index (χ1) is 8.85. The predicted octanol–water partition coefficient (Wildman–Crippen LogP) is 5.02. The van der Waals surface area contributed by atoms with Crippen molar-refractivity contribution in [2.75, 3.05) is 12.0 Å². The Morgan fingerprint density at radius 3 is 2.28 bits per heavy atom. The van der Waals surface area contributed by atoms with Crippen molar-refractivity contribution in [3.8, 4) is 0 Å². The second kappa shape index (κ2) is 7.84. The van der Waals surface area contributed by atoms with Crippen molar-refractivity contribution in [3.05, 3.63) is 0 Å². The summed E-state index contributed by atoms with van der Waals surface area (Å²) in [4.78, 5) is 0. The minimum atomic E-state index is 0.520. The molecule has 2 heterocycles. The summed E-state index contributed by atoms with van der Waals surface area (Å²) in [7, 11) is 0.